The molecule has 0 spiro atoms. The van der Waals surface area contributed by atoms with Crippen molar-refractivity contribution in [2.45, 2.75) is 25.8 Å². The number of hydrogen-bond acceptors (Lipinski definition) is 4. The lowest BCUT2D eigenvalue weighted by molar-refractivity contribution is -0.134. The predicted molar refractivity (Wildman–Crippen MR) is 95.6 cm³/mol. The van der Waals surface area contributed by atoms with Gasteiger partial charge in [-0.05, 0) is 44.0 Å². The molecule has 1 aromatic heterocycles. The molecule has 1 N–H and O–H groups in total. The van der Waals surface area contributed by atoms with E-state index < -0.39 is 35.3 Å². The van der Waals surface area contributed by atoms with Crippen LogP contribution in [0.3, 0.4) is 0 Å². The van der Waals surface area contributed by atoms with E-state index in [1.165, 1.54) is 18.6 Å². The van der Waals surface area contributed by atoms with E-state index in [2.05, 4.69) is 5.32 Å². The first kappa shape index (κ1) is 19.7. The lowest BCUT2D eigenvalue weighted by atomic mass is 9.88. The van der Waals surface area contributed by atoms with E-state index in [1.54, 1.807) is 11.8 Å². The number of furan rings is 1. The fraction of sp³-hybridized carbons (Fsp3) is 0.350. The zero-order valence-corrected chi connectivity index (χ0v) is 15.3. The van der Waals surface area contributed by atoms with Crippen LogP contribution in [0.15, 0.2) is 41.2 Å². The molecule has 0 saturated carbocycles. The summed E-state index contributed by atoms with van der Waals surface area (Å²) in [6.07, 6.45) is 3.35. The average Bonchev–Trinajstić information content (AvgIpc) is 3.24. The van der Waals surface area contributed by atoms with Gasteiger partial charge in [0.15, 0.2) is 5.78 Å². The summed E-state index contributed by atoms with van der Waals surface area (Å²) in [7, 11) is 0. The van der Waals surface area contributed by atoms with Crippen molar-refractivity contribution in [1.29, 1.82) is 0 Å². The highest BCUT2D eigenvalue weighted by Crippen LogP contribution is 2.24. The number of likely N-dealkylation sites (tertiary alicyclic amines) is 1. The summed E-state index contributed by atoms with van der Waals surface area (Å²) < 4.78 is 32.0. The molecule has 2 amide bonds. The lowest BCUT2D eigenvalue weighted by Crippen LogP contribution is -2.49. The van der Waals surface area contributed by atoms with Crippen LogP contribution >= 0.6 is 0 Å². The molecule has 2 aromatic rings. The minimum Gasteiger partial charge on any atom is -0.472 e. The van der Waals surface area contributed by atoms with E-state index in [0.29, 0.717) is 31.5 Å². The zero-order chi connectivity index (χ0) is 20.3. The van der Waals surface area contributed by atoms with Crippen LogP contribution < -0.4 is 5.32 Å². The van der Waals surface area contributed by atoms with Crippen molar-refractivity contribution < 1.29 is 27.6 Å². The van der Waals surface area contributed by atoms with Gasteiger partial charge < -0.3 is 14.6 Å². The SMILES string of the molecule is C[C@@H](NC(=O)c1ccoc1)C(=O)N1CCC(C(=O)c2cc(F)ccc2F)CC1. The van der Waals surface area contributed by atoms with Crippen molar-refractivity contribution in [3.8, 4) is 0 Å². The Kier molecular flexibility index (Phi) is 5.87. The second-order valence-electron chi connectivity index (χ2n) is 6.80. The lowest BCUT2D eigenvalue weighted by Gasteiger charge is -2.33. The first-order chi connectivity index (χ1) is 13.4. The third-order valence-corrected chi connectivity index (χ3v) is 4.87. The molecule has 28 heavy (non-hydrogen) atoms. The van der Waals surface area contributed by atoms with Gasteiger partial charge >= 0.3 is 0 Å². The average molecular weight is 390 g/mol. The number of benzene rings is 1. The standard InChI is InChI=1S/C20H20F2N2O4/c1-12(23-19(26)14-6-9-28-11-14)20(27)24-7-4-13(5-8-24)18(25)16-10-15(21)2-3-17(16)22/h2-3,6,9-13H,4-5,7-8H2,1H3,(H,23,26)/t12-/m1/s1. The number of carbonyl (C=O) groups excluding carboxylic acids is 3. The minimum atomic E-state index is -0.750. The van der Waals surface area contributed by atoms with Crippen molar-refractivity contribution in [3.63, 3.8) is 0 Å². The molecule has 2 heterocycles. The number of rotatable bonds is 5. The third-order valence-electron chi connectivity index (χ3n) is 4.87. The summed E-state index contributed by atoms with van der Waals surface area (Å²) in [6, 6.07) is 3.56. The van der Waals surface area contributed by atoms with E-state index in [0.717, 1.165) is 18.2 Å². The maximum atomic E-state index is 13.8. The third kappa shape index (κ3) is 4.27. The number of Topliss-reactive ketones (excluding diaryl/α,β-unsaturated/α-hetero) is 1. The van der Waals surface area contributed by atoms with Gasteiger partial charge in [0.1, 0.15) is 23.9 Å². The first-order valence-corrected chi connectivity index (χ1v) is 8.98. The Hall–Kier alpha value is -3.03. The normalized spacial score (nSPS) is 15.9. The van der Waals surface area contributed by atoms with Gasteiger partial charge in [-0.1, -0.05) is 0 Å². The molecule has 8 heteroatoms. The molecule has 0 unspecified atom stereocenters. The summed E-state index contributed by atoms with van der Waals surface area (Å²) >= 11 is 0. The van der Waals surface area contributed by atoms with Crippen molar-refractivity contribution in [2.75, 3.05) is 13.1 Å². The van der Waals surface area contributed by atoms with Gasteiger partial charge in [0.2, 0.25) is 5.91 Å². The number of ketones is 1. The molecule has 1 atom stereocenters. The summed E-state index contributed by atoms with van der Waals surface area (Å²) in [6.45, 7) is 2.19. The fourth-order valence-corrected chi connectivity index (χ4v) is 3.28. The van der Waals surface area contributed by atoms with Crippen LogP contribution in [0.5, 0.6) is 0 Å². The molecular formula is C20H20F2N2O4. The summed E-state index contributed by atoms with van der Waals surface area (Å²) in [4.78, 5) is 38.6. The topological polar surface area (TPSA) is 79.6 Å². The highest BCUT2D eigenvalue weighted by molar-refractivity contribution is 5.99. The molecular weight excluding hydrogens is 370 g/mol. The van der Waals surface area contributed by atoms with Crippen molar-refractivity contribution >= 4 is 17.6 Å². The number of piperidine rings is 1. The Labute approximate surface area is 160 Å². The number of amides is 2. The Morgan fingerprint density at radius 1 is 1.18 bits per heavy atom. The van der Waals surface area contributed by atoms with Crippen LogP contribution in [0.2, 0.25) is 0 Å². The van der Waals surface area contributed by atoms with E-state index in [-0.39, 0.29) is 11.5 Å². The number of nitrogens with zero attached hydrogens (tertiary/aromatic N) is 1. The molecule has 6 nitrogen and oxygen atoms in total. The van der Waals surface area contributed by atoms with Crippen LogP contribution in [0.4, 0.5) is 8.78 Å². The second-order valence-corrected chi connectivity index (χ2v) is 6.80. The molecule has 1 aliphatic heterocycles. The maximum absolute atomic E-state index is 13.8. The van der Waals surface area contributed by atoms with Crippen LogP contribution in [-0.2, 0) is 4.79 Å². The molecule has 1 saturated heterocycles. The molecule has 3 rings (SSSR count). The van der Waals surface area contributed by atoms with Gasteiger partial charge in [-0.15, -0.1) is 0 Å². The van der Waals surface area contributed by atoms with Crippen LogP contribution in [0.25, 0.3) is 0 Å². The number of carbonyl (C=O) groups is 3. The molecule has 0 aliphatic carbocycles. The smallest absolute Gasteiger partial charge is 0.255 e. The van der Waals surface area contributed by atoms with Crippen molar-refractivity contribution in [3.05, 3.63) is 59.6 Å². The van der Waals surface area contributed by atoms with E-state index >= 15 is 0 Å². The molecule has 1 aliphatic rings. The monoisotopic (exact) mass is 390 g/mol. The van der Waals surface area contributed by atoms with Gasteiger partial charge in [-0.25, -0.2) is 8.78 Å². The second kappa shape index (κ2) is 8.33. The zero-order valence-electron chi connectivity index (χ0n) is 15.3. The number of halogens is 2. The van der Waals surface area contributed by atoms with E-state index in [4.69, 9.17) is 4.42 Å². The maximum Gasteiger partial charge on any atom is 0.255 e. The van der Waals surface area contributed by atoms with E-state index in [9.17, 15) is 23.2 Å². The molecule has 0 bridgehead atoms. The van der Waals surface area contributed by atoms with Crippen molar-refractivity contribution in [2.24, 2.45) is 5.92 Å². The largest absolute Gasteiger partial charge is 0.472 e. The van der Waals surface area contributed by atoms with Gasteiger partial charge in [0, 0.05) is 19.0 Å². The molecule has 1 aromatic carbocycles. The van der Waals surface area contributed by atoms with Crippen molar-refractivity contribution in [1.82, 2.24) is 10.2 Å². The fourth-order valence-electron chi connectivity index (χ4n) is 3.28. The quantitative estimate of drug-likeness (QED) is 0.797. The molecule has 1 fully saturated rings. The highest BCUT2D eigenvalue weighted by atomic mass is 19.1. The van der Waals surface area contributed by atoms with Gasteiger partial charge in [0.05, 0.1) is 17.4 Å². The molecule has 0 radical (unpaired) electrons. The van der Waals surface area contributed by atoms with Crippen LogP contribution in [-0.4, -0.2) is 41.6 Å². The highest BCUT2D eigenvalue weighted by Gasteiger charge is 2.31. The number of nitrogens with one attached hydrogen (secondary N) is 1. The Morgan fingerprint density at radius 3 is 2.54 bits per heavy atom. The predicted octanol–water partition coefficient (Wildman–Crippen LogP) is 2.80. The van der Waals surface area contributed by atoms with E-state index in [1.807, 2.05) is 0 Å². The Morgan fingerprint density at radius 2 is 1.89 bits per heavy atom. The van der Waals surface area contributed by atoms with Gasteiger partial charge in [-0.3, -0.25) is 14.4 Å². The Balaban J connectivity index is 1.55. The summed E-state index contributed by atoms with van der Waals surface area (Å²) in [5.41, 5.74) is 0.0617. The van der Waals surface area contributed by atoms with Crippen LogP contribution in [0, 0.1) is 17.6 Å². The number of hydrogen-bond donors (Lipinski definition) is 1. The van der Waals surface area contributed by atoms with Gasteiger partial charge in [0.25, 0.3) is 5.91 Å². The molecule has 148 valence electrons. The Bertz CT molecular complexity index is 874. The van der Waals surface area contributed by atoms with Gasteiger partial charge in [-0.2, -0.15) is 0 Å². The van der Waals surface area contributed by atoms with Crippen LogP contribution in [0.1, 0.15) is 40.5 Å². The first-order valence-electron chi connectivity index (χ1n) is 8.98. The minimum absolute atomic E-state index is 0.259. The summed E-state index contributed by atoms with van der Waals surface area (Å²) in [5.74, 6) is -3.03. The summed E-state index contributed by atoms with van der Waals surface area (Å²) in [5, 5.41) is 2.60.